The third kappa shape index (κ3) is 2.69. The summed E-state index contributed by atoms with van der Waals surface area (Å²) in [5.74, 6) is 0.950. The molecule has 1 fully saturated rings. The fraction of sp³-hybridized carbons (Fsp3) is 0.583. The molecule has 2 rings (SSSR count). The first kappa shape index (κ1) is 10.4. The van der Waals surface area contributed by atoms with E-state index < -0.39 is 0 Å². The number of likely N-dealkylation sites (tertiary alicyclic amines) is 1. The smallest absolute Gasteiger partial charge is 0.142 e. The second-order valence-electron chi connectivity index (χ2n) is 3.94. The standard InChI is InChI=1S/C12H18N2O/c1-2-5-11-12(6-3-7-13-11)15-10-14-8-4-9-14/h3,6-7H,2,4-5,8-10H2,1H3. The molecule has 1 aliphatic heterocycles. The van der Waals surface area contributed by atoms with Crippen molar-refractivity contribution in [2.45, 2.75) is 26.2 Å². The molecule has 1 saturated heterocycles. The first-order valence-electron chi connectivity index (χ1n) is 5.69. The van der Waals surface area contributed by atoms with E-state index in [9.17, 15) is 0 Å². The fourth-order valence-electron chi connectivity index (χ4n) is 1.65. The molecule has 0 saturated carbocycles. The zero-order valence-electron chi connectivity index (χ0n) is 9.28. The molecule has 3 heteroatoms. The van der Waals surface area contributed by atoms with Gasteiger partial charge in [-0.2, -0.15) is 0 Å². The molecule has 0 N–H and O–H groups in total. The number of aromatic nitrogens is 1. The molecular formula is C12H18N2O. The van der Waals surface area contributed by atoms with E-state index in [1.807, 2.05) is 18.3 Å². The fourth-order valence-corrected chi connectivity index (χ4v) is 1.65. The molecule has 1 aromatic rings. The quantitative estimate of drug-likeness (QED) is 0.737. The summed E-state index contributed by atoms with van der Waals surface area (Å²) in [4.78, 5) is 6.64. The maximum atomic E-state index is 5.76. The summed E-state index contributed by atoms with van der Waals surface area (Å²) in [5.41, 5.74) is 1.08. The summed E-state index contributed by atoms with van der Waals surface area (Å²) in [7, 11) is 0. The third-order valence-corrected chi connectivity index (χ3v) is 2.69. The molecule has 15 heavy (non-hydrogen) atoms. The van der Waals surface area contributed by atoms with E-state index in [2.05, 4.69) is 16.8 Å². The Labute approximate surface area is 91.1 Å². The minimum atomic E-state index is 0.711. The van der Waals surface area contributed by atoms with Crippen molar-refractivity contribution in [3.8, 4) is 5.75 Å². The Balaban J connectivity index is 1.92. The van der Waals surface area contributed by atoms with Crippen LogP contribution in [0.15, 0.2) is 18.3 Å². The highest BCUT2D eigenvalue weighted by molar-refractivity contribution is 5.26. The molecule has 0 unspecified atom stereocenters. The molecule has 0 aromatic carbocycles. The highest BCUT2D eigenvalue weighted by Gasteiger charge is 2.14. The van der Waals surface area contributed by atoms with Crippen molar-refractivity contribution in [1.29, 1.82) is 0 Å². The number of rotatable bonds is 5. The number of ether oxygens (including phenoxy) is 1. The lowest BCUT2D eigenvalue weighted by Crippen LogP contribution is -2.39. The highest BCUT2D eigenvalue weighted by Crippen LogP contribution is 2.18. The monoisotopic (exact) mass is 206 g/mol. The number of pyridine rings is 1. The normalized spacial score (nSPS) is 16.1. The van der Waals surface area contributed by atoms with Gasteiger partial charge in [0, 0.05) is 19.3 Å². The van der Waals surface area contributed by atoms with E-state index >= 15 is 0 Å². The minimum Gasteiger partial charge on any atom is -0.476 e. The van der Waals surface area contributed by atoms with Crippen LogP contribution in [0.5, 0.6) is 5.75 Å². The van der Waals surface area contributed by atoms with Crippen molar-refractivity contribution in [2.75, 3.05) is 19.8 Å². The van der Waals surface area contributed by atoms with Gasteiger partial charge in [-0.25, -0.2) is 0 Å². The Morgan fingerprint density at radius 3 is 3.00 bits per heavy atom. The maximum absolute atomic E-state index is 5.76. The van der Waals surface area contributed by atoms with Gasteiger partial charge < -0.3 is 4.74 Å². The van der Waals surface area contributed by atoms with Crippen molar-refractivity contribution in [3.63, 3.8) is 0 Å². The molecule has 0 atom stereocenters. The number of hydrogen-bond donors (Lipinski definition) is 0. The number of aryl methyl sites for hydroxylation is 1. The van der Waals surface area contributed by atoms with E-state index in [4.69, 9.17) is 4.74 Å². The number of hydrogen-bond acceptors (Lipinski definition) is 3. The topological polar surface area (TPSA) is 25.4 Å². The van der Waals surface area contributed by atoms with Crippen molar-refractivity contribution >= 4 is 0 Å². The van der Waals surface area contributed by atoms with Crippen LogP contribution in [-0.4, -0.2) is 29.7 Å². The van der Waals surface area contributed by atoms with Crippen LogP contribution in [0.25, 0.3) is 0 Å². The van der Waals surface area contributed by atoms with Crippen LogP contribution in [-0.2, 0) is 6.42 Å². The third-order valence-electron chi connectivity index (χ3n) is 2.69. The molecule has 0 amide bonds. The molecule has 0 radical (unpaired) electrons. The van der Waals surface area contributed by atoms with Gasteiger partial charge in [-0.05, 0) is 25.0 Å². The van der Waals surface area contributed by atoms with Crippen LogP contribution in [0.4, 0.5) is 0 Å². The lowest BCUT2D eigenvalue weighted by atomic mass is 10.2. The summed E-state index contributed by atoms with van der Waals surface area (Å²) in [6.45, 7) is 5.21. The SMILES string of the molecule is CCCc1ncccc1OCN1CCC1. The van der Waals surface area contributed by atoms with E-state index in [-0.39, 0.29) is 0 Å². The average Bonchev–Trinajstić information content (AvgIpc) is 2.18. The van der Waals surface area contributed by atoms with Gasteiger partial charge in [-0.3, -0.25) is 9.88 Å². The molecule has 2 heterocycles. The molecule has 1 aromatic heterocycles. The lowest BCUT2D eigenvalue weighted by molar-refractivity contribution is 0.0721. The molecular weight excluding hydrogens is 188 g/mol. The van der Waals surface area contributed by atoms with Crippen molar-refractivity contribution in [1.82, 2.24) is 9.88 Å². The summed E-state index contributed by atoms with van der Waals surface area (Å²) < 4.78 is 5.76. The van der Waals surface area contributed by atoms with Crippen LogP contribution in [0, 0.1) is 0 Å². The van der Waals surface area contributed by atoms with Crippen LogP contribution >= 0.6 is 0 Å². The summed E-state index contributed by atoms with van der Waals surface area (Å²) >= 11 is 0. The van der Waals surface area contributed by atoms with Gasteiger partial charge in [0.15, 0.2) is 0 Å². The van der Waals surface area contributed by atoms with Crippen LogP contribution in [0.2, 0.25) is 0 Å². The molecule has 0 aliphatic carbocycles. The van der Waals surface area contributed by atoms with Gasteiger partial charge in [0.25, 0.3) is 0 Å². The van der Waals surface area contributed by atoms with Crippen LogP contribution in [0.3, 0.4) is 0 Å². The van der Waals surface area contributed by atoms with E-state index in [0.717, 1.165) is 24.3 Å². The van der Waals surface area contributed by atoms with Gasteiger partial charge >= 0.3 is 0 Å². The predicted molar refractivity (Wildman–Crippen MR) is 59.9 cm³/mol. The Bertz CT molecular complexity index is 310. The van der Waals surface area contributed by atoms with Crippen molar-refractivity contribution in [2.24, 2.45) is 0 Å². The second-order valence-corrected chi connectivity index (χ2v) is 3.94. The summed E-state index contributed by atoms with van der Waals surface area (Å²) in [6.07, 6.45) is 5.24. The first-order chi connectivity index (χ1) is 7.40. The molecule has 0 spiro atoms. The minimum absolute atomic E-state index is 0.711. The van der Waals surface area contributed by atoms with Crippen molar-refractivity contribution in [3.05, 3.63) is 24.0 Å². The first-order valence-corrected chi connectivity index (χ1v) is 5.69. The Hall–Kier alpha value is -1.09. The number of nitrogens with zero attached hydrogens (tertiary/aromatic N) is 2. The predicted octanol–water partition coefficient (Wildman–Crippen LogP) is 2.08. The van der Waals surface area contributed by atoms with Crippen molar-refractivity contribution < 1.29 is 4.74 Å². The Morgan fingerprint density at radius 2 is 2.33 bits per heavy atom. The van der Waals surface area contributed by atoms with Crippen LogP contribution in [0.1, 0.15) is 25.5 Å². The largest absolute Gasteiger partial charge is 0.476 e. The molecule has 3 nitrogen and oxygen atoms in total. The average molecular weight is 206 g/mol. The Morgan fingerprint density at radius 1 is 1.47 bits per heavy atom. The summed E-state index contributed by atoms with van der Waals surface area (Å²) in [6, 6.07) is 3.95. The molecule has 82 valence electrons. The van der Waals surface area contributed by atoms with E-state index in [1.54, 1.807) is 0 Å². The molecule has 1 aliphatic rings. The molecule has 0 bridgehead atoms. The van der Waals surface area contributed by atoms with Gasteiger partial charge in [-0.15, -0.1) is 0 Å². The van der Waals surface area contributed by atoms with Gasteiger partial charge in [0.05, 0.1) is 5.69 Å². The zero-order valence-corrected chi connectivity index (χ0v) is 9.28. The van der Waals surface area contributed by atoms with Gasteiger partial charge in [-0.1, -0.05) is 13.3 Å². The lowest BCUT2D eigenvalue weighted by Gasteiger charge is -2.30. The van der Waals surface area contributed by atoms with E-state index in [1.165, 1.54) is 19.5 Å². The second kappa shape index (κ2) is 5.12. The van der Waals surface area contributed by atoms with E-state index in [0.29, 0.717) is 6.73 Å². The van der Waals surface area contributed by atoms with Gasteiger partial charge in [0.2, 0.25) is 0 Å². The maximum Gasteiger partial charge on any atom is 0.142 e. The van der Waals surface area contributed by atoms with Crippen LogP contribution < -0.4 is 4.74 Å². The zero-order chi connectivity index (χ0) is 10.5. The summed E-state index contributed by atoms with van der Waals surface area (Å²) in [5, 5.41) is 0. The highest BCUT2D eigenvalue weighted by atomic mass is 16.5. The Kier molecular flexibility index (Phi) is 3.56. The van der Waals surface area contributed by atoms with Gasteiger partial charge in [0.1, 0.15) is 12.5 Å².